The van der Waals surface area contributed by atoms with E-state index in [1.807, 2.05) is 0 Å². The van der Waals surface area contributed by atoms with Crippen LogP contribution < -0.4 is 11.3 Å². The van der Waals surface area contributed by atoms with Crippen molar-refractivity contribution in [2.45, 2.75) is 18.6 Å². The fraction of sp³-hybridized carbons (Fsp3) is 0.385. The van der Waals surface area contributed by atoms with Crippen molar-refractivity contribution in [1.82, 2.24) is 19.5 Å². The number of nitrogens with zero attached hydrogens (tertiary/aromatic N) is 4. The lowest BCUT2D eigenvalue weighted by atomic mass is 9.83. The SMILES string of the molecule is N#C[C@]1(CO)/C(=C\F)[C@@H](n2cnc3c(=O)[nH]c(N)nc32)C[C@@H]1O. The number of nitrogen functional groups attached to an aromatic ring is 1. The van der Waals surface area contributed by atoms with Crippen LogP contribution in [0.1, 0.15) is 12.5 Å². The summed E-state index contributed by atoms with van der Waals surface area (Å²) in [6.45, 7) is -0.736. The summed E-state index contributed by atoms with van der Waals surface area (Å²) in [6, 6.07) is 0.967. The van der Waals surface area contributed by atoms with Crippen molar-refractivity contribution < 1.29 is 14.6 Å². The van der Waals surface area contributed by atoms with Gasteiger partial charge in [-0.1, -0.05) is 0 Å². The maximum atomic E-state index is 13.5. The Morgan fingerprint density at radius 3 is 3.04 bits per heavy atom. The summed E-state index contributed by atoms with van der Waals surface area (Å²) in [6.07, 6.45) is 0.145. The summed E-state index contributed by atoms with van der Waals surface area (Å²) in [4.78, 5) is 22.0. The van der Waals surface area contributed by atoms with Gasteiger partial charge in [-0.15, -0.1) is 0 Å². The molecule has 1 saturated carbocycles. The summed E-state index contributed by atoms with van der Waals surface area (Å²) >= 11 is 0. The van der Waals surface area contributed by atoms with Gasteiger partial charge in [0.2, 0.25) is 5.95 Å². The molecule has 0 bridgehead atoms. The highest BCUT2D eigenvalue weighted by molar-refractivity contribution is 5.71. The van der Waals surface area contributed by atoms with Crippen LogP contribution in [0.2, 0.25) is 0 Å². The van der Waals surface area contributed by atoms with Gasteiger partial charge in [-0.2, -0.15) is 10.2 Å². The topological polar surface area (TPSA) is 154 Å². The molecule has 5 N–H and O–H groups in total. The molecule has 0 amide bonds. The molecule has 3 rings (SSSR count). The number of nitriles is 1. The van der Waals surface area contributed by atoms with Gasteiger partial charge in [-0.25, -0.2) is 9.37 Å². The number of imidazole rings is 1. The van der Waals surface area contributed by atoms with Gasteiger partial charge in [0.25, 0.3) is 5.56 Å². The normalized spacial score (nSPS) is 29.2. The van der Waals surface area contributed by atoms with Crippen LogP contribution in [-0.4, -0.2) is 42.4 Å². The van der Waals surface area contributed by atoms with Crippen molar-refractivity contribution in [2.75, 3.05) is 12.3 Å². The Morgan fingerprint density at radius 2 is 2.43 bits per heavy atom. The molecule has 1 aliphatic carbocycles. The van der Waals surface area contributed by atoms with Crippen LogP contribution >= 0.6 is 0 Å². The smallest absolute Gasteiger partial charge is 0.280 e. The molecule has 1 fully saturated rings. The minimum Gasteiger partial charge on any atom is -0.394 e. The summed E-state index contributed by atoms with van der Waals surface area (Å²) in [5, 5.41) is 29.0. The van der Waals surface area contributed by atoms with Gasteiger partial charge in [0.15, 0.2) is 11.2 Å². The number of hydrogen-bond acceptors (Lipinski definition) is 7. The van der Waals surface area contributed by atoms with Gasteiger partial charge in [0.05, 0.1) is 37.5 Å². The largest absolute Gasteiger partial charge is 0.394 e. The van der Waals surface area contributed by atoms with E-state index in [0.29, 0.717) is 0 Å². The Kier molecular flexibility index (Phi) is 3.39. The second-order valence-electron chi connectivity index (χ2n) is 5.35. The van der Waals surface area contributed by atoms with E-state index in [1.54, 1.807) is 6.07 Å². The van der Waals surface area contributed by atoms with E-state index >= 15 is 0 Å². The van der Waals surface area contributed by atoms with Crippen molar-refractivity contribution in [1.29, 1.82) is 5.26 Å². The molecular weight excluding hydrogens is 307 g/mol. The number of aliphatic hydroxyl groups is 2. The average molecular weight is 320 g/mol. The average Bonchev–Trinajstić information content (AvgIpc) is 3.05. The molecule has 0 spiro atoms. The molecule has 0 aromatic carbocycles. The maximum absolute atomic E-state index is 13.5. The molecular formula is C13H13FN6O3. The van der Waals surface area contributed by atoms with E-state index < -0.39 is 29.7 Å². The first-order chi connectivity index (χ1) is 11.0. The van der Waals surface area contributed by atoms with Crippen LogP contribution in [-0.2, 0) is 0 Å². The molecule has 2 aromatic heterocycles. The van der Waals surface area contributed by atoms with E-state index in [9.17, 15) is 24.7 Å². The predicted octanol–water partition coefficient (Wildman–Crippen LogP) is -0.637. The number of aliphatic hydroxyl groups excluding tert-OH is 2. The van der Waals surface area contributed by atoms with Gasteiger partial charge < -0.3 is 20.5 Å². The third-order valence-electron chi connectivity index (χ3n) is 4.24. The Hall–Kier alpha value is -2.77. The fourth-order valence-corrected chi connectivity index (χ4v) is 3.01. The molecule has 2 aromatic rings. The lowest BCUT2D eigenvalue weighted by molar-refractivity contribution is 0.0616. The molecule has 0 saturated heterocycles. The number of anilines is 1. The number of nitrogens with two attached hydrogens (primary N) is 1. The van der Waals surface area contributed by atoms with Crippen molar-refractivity contribution in [3.63, 3.8) is 0 Å². The first-order valence-electron chi connectivity index (χ1n) is 6.71. The molecule has 120 valence electrons. The number of aromatic amines is 1. The first kappa shape index (κ1) is 15.1. The molecule has 9 nitrogen and oxygen atoms in total. The first-order valence-corrected chi connectivity index (χ1v) is 6.71. The van der Waals surface area contributed by atoms with Gasteiger partial charge in [0.1, 0.15) is 5.41 Å². The Balaban J connectivity index is 2.21. The Bertz CT molecular complexity index is 897. The lowest BCUT2D eigenvalue weighted by Crippen LogP contribution is -2.33. The zero-order valence-corrected chi connectivity index (χ0v) is 11.8. The number of rotatable bonds is 2. The number of hydrogen-bond donors (Lipinski definition) is 4. The third kappa shape index (κ3) is 1.94. The zero-order chi connectivity index (χ0) is 16.8. The molecule has 3 atom stereocenters. The summed E-state index contributed by atoms with van der Waals surface area (Å²) in [5.74, 6) is -0.137. The van der Waals surface area contributed by atoms with Crippen LogP contribution in [0.25, 0.3) is 11.2 Å². The second-order valence-corrected chi connectivity index (χ2v) is 5.35. The van der Waals surface area contributed by atoms with E-state index in [4.69, 9.17) is 5.73 Å². The van der Waals surface area contributed by atoms with E-state index in [2.05, 4.69) is 15.0 Å². The monoisotopic (exact) mass is 320 g/mol. The number of aromatic nitrogens is 4. The van der Waals surface area contributed by atoms with E-state index in [1.165, 1.54) is 10.9 Å². The molecule has 0 unspecified atom stereocenters. The standard InChI is InChI=1S/C13H13FN6O3/c14-2-6-7(1-8(22)13(6,3-15)4-21)20-5-17-9-10(20)18-12(16)19-11(9)23/h2,5,7-8,21-22H,1,4H2,(H3,16,18,19,23)/b6-2-/t7-,8-,13-/m0/s1. The van der Waals surface area contributed by atoms with Crippen LogP contribution in [0, 0.1) is 16.7 Å². The zero-order valence-electron chi connectivity index (χ0n) is 11.8. The number of H-pyrrole nitrogens is 1. The molecule has 1 aliphatic rings. The molecule has 23 heavy (non-hydrogen) atoms. The van der Waals surface area contributed by atoms with Crippen molar-refractivity contribution in [2.24, 2.45) is 5.41 Å². The van der Waals surface area contributed by atoms with Crippen molar-refractivity contribution >= 4 is 17.1 Å². The summed E-state index contributed by atoms with van der Waals surface area (Å²) < 4.78 is 14.8. The number of fused-ring (bicyclic) bond motifs is 1. The van der Waals surface area contributed by atoms with Gasteiger partial charge in [0, 0.05) is 12.0 Å². The van der Waals surface area contributed by atoms with Crippen molar-refractivity contribution in [3.8, 4) is 6.07 Å². The maximum Gasteiger partial charge on any atom is 0.280 e. The van der Waals surface area contributed by atoms with Gasteiger partial charge in [-0.05, 0) is 0 Å². The minimum absolute atomic E-state index is 0.00496. The summed E-state index contributed by atoms with van der Waals surface area (Å²) in [7, 11) is 0. The quantitative estimate of drug-likeness (QED) is 0.574. The Morgan fingerprint density at radius 1 is 1.70 bits per heavy atom. The molecule has 10 heteroatoms. The highest BCUT2D eigenvalue weighted by Crippen LogP contribution is 2.49. The minimum atomic E-state index is -1.75. The highest BCUT2D eigenvalue weighted by Gasteiger charge is 2.52. The van der Waals surface area contributed by atoms with Crippen LogP contribution in [0.3, 0.4) is 0 Å². The second kappa shape index (κ2) is 5.15. The molecule has 0 aliphatic heterocycles. The van der Waals surface area contributed by atoms with E-state index in [0.717, 1.165) is 0 Å². The number of nitrogens with one attached hydrogen (secondary N) is 1. The molecule has 0 radical (unpaired) electrons. The van der Waals surface area contributed by atoms with Crippen LogP contribution in [0.5, 0.6) is 0 Å². The predicted molar refractivity (Wildman–Crippen MR) is 76.5 cm³/mol. The van der Waals surface area contributed by atoms with Gasteiger partial charge in [-0.3, -0.25) is 9.78 Å². The molecule has 2 heterocycles. The van der Waals surface area contributed by atoms with Crippen LogP contribution in [0.15, 0.2) is 23.0 Å². The Labute approximate surface area is 128 Å². The fourth-order valence-electron chi connectivity index (χ4n) is 3.01. The lowest BCUT2D eigenvalue weighted by Gasteiger charge is -2.24. The van der Waals surface area contributed by atoms with Crippen molar-refractivity contribution in [3.05, 3.63) is 28.6 Å². The van der Waals surface area contributed by atoms with Gasteiger partial charge >= 0.3 is 0 Å². The van der Waals surface area contributed by atoms with E-state index in [-0.39, 0.29) is 35.4 Å². The van der Waals surface area contributed by atoms with Crippen LogP contribution in [0.4, 0.5) is 10.3 Å². The third-order valence-corrected chi connectivity index (χ3v) is 4.24. The number of halogens is 1. The summed E-state index contributed by atoms with van der Waals surface area (Å²) in [5.41, 5.74) is 3.22. The highest BCUT2D eigenvalue weighted by atomic mass is 19.1.